The van der Waals surface area contributed by atoms with Crippen molar-refractivity contribution in [2.45, 2.75) is 38.3 Å². The molecule has 0 unspecified atom stereocenters. The Labute approximate surface area is 156 Å². The molecule has 140 valence electrons. The first-order chi connectivity index (χ1) is 12.5. The fraction of sp³-hybridized carbons (Fsp3) is 0.524. The molecule has 0 aromatic heterocycles. The summed E-state index contributed by atoms with van der Waals surface area (Å²) in [5.41, 5.74) is 2.21. The van der Waals surface area contributed by atoms with Gasteiger partial charge < -0.3 is 10.2 Å². The number of nitrogens with one attached hydrogen (secondary N) is 1. The van der Waals surface area contributed by atoms with Gasteiger partial charge in [0.25, 0.3) is 0 Å². The van der Waals surface area contributed by atoms with Crippen LogP contribution in [0.1, 0.15) is 36.4 Å². The van der Waals surface area contributed by atoms with E-state index in [4.69, 9.17) is 0 Å². The lowest BCUT2D eigenvalue weighted by Crippen LogP contribution is -2.47. The molecule has 2 aliphatic rings. The second-order valence-electron chi connectivity index (χ2n) is 7.54. The molecule has 5 nitrogen and oxygen atoms in total. The van der Waals surface area contributed by atoms with Crippen LogP contribution in [0.5, 0.6) is 0 Å². The molecule has 0 saturated carbocycles. The van der Waals surface area contributed by atoms with Crippen LogP contribution in [0.15, 0.2) is 36.9 Å². The van der Waals surface area contributed by atoms with Crippen molar-refractivity contribution >= 4 is 11.8 Å². The normalized spacial score (nSPS) is 24.7. The molecule has 0 aliphatic carbocycles. The predicted molar refractivity (Wildman–Crippen MR) is 103 cm³/mol. The molecule has 1 N–H and O–H groups in total. The molecule has 1 aromatic carbocycles. The summed E-state index contributed by atoms with van der Waals surface area (Å²) in [7, 11) is 1.80. The van der Waals surface area contributed by atoms with Crippen molar-refractivity contribution in [3.8, 4) is 0 Å². The standard InChI is InChI=1S/C21H29N3O2/c1-4-11-24-12-9-17(10-13-24)22-21(26)18-14-19(25)23(3)20(18)16-7-5-15(2)6-8-16/h4-8,17-18,20H,1,9-14H2,2-3H3,(H,22,26)/t18-,20-/m1/s1. The first-order valence-corrected chi connectivity index (χ1v) is 9.45. The van der Waals surface area contributed by atoms with Crippen LogP contribution in [-0.4, -0.2) is 54.3 Å². The minimum Gasteiger partial charge on any atom is -0.353 e. The molecule has 0 bridgehead atoms. The minimum absolute atomic E-state index is 0.00967. The Balaban J connectivity index is 1.66. The number of nitrogens with zero attached hydrogens (tertiary/aromatic N) is 2. The fourth-order valence-corrected chi connectivity index (χ4v) is 4.08. The van der Waals surface area contributed by atoms with Gasteiger partial charge in [-0.2, -0.15) is 0 Å². The molecule has 26 heavy (non-hydrogen) atoms. The Bertz CT molecular complexity index is 662. The molecule has 2 amide bonds. The van der Waals surface area contributed by atoms with E-state index in [1.165, 1.54) is 5.56 Å². The second kappa shape index (κ2) is 8.04. The van der Waals surface area contributed by atoms with Gasteiger partial charge in [0.15, 0.2) is 0 Å². The third kappa shape index (κ3) is 3.98. The number of likely N-dealkylation sites (tertiary alicyclic amines) is 2. The van der Waals surface area contributed by atoms with Crippen LogP contribution >= 0.6 is 0 Å². The number of carbonyl (C=O) groups is 2. The van der Waals surface area contributed by atoms with Gasteiger partial charge in [-0.3, -0.25) is 14.5 Å². The first-order valence-electron chi connectivity index (χ1n) is 9.45. The quantitative estimate of drug-likeness (QED) is 0.825. The maximum atomic E-state index is 12.9. The van der Waals surface area contributed by atoms with E-state index < -0.39 is 0 Å². The van der Waals surface area contributed by atoms with Crippen molar-refractivity contribution in [1.29, 1.82) is 0 Å². The summed E-state index contributed by atoms with van der Waals surface area (Å²) in [4.78, 5) is 29.3. The van der Waals surface area contributed by atoms with Crippen LogP contribution < -0.4 is 5.32 Å². The van der Waals surface area contributed by atoms with Gasteiger partial charge in [0.2, 0.25) is 11.8 Å². The van der Waals surface area contributed by atoms with Crippen LogP contribution in [0.4, 0.5) is 0 Å². The van der Waals surface area contributed by atoms with E-state index in [1.54, 1.807) is 11.9 Å². The largest absolute Gasteiger partial charge is 0.353 e. The summed E-state index contributed by atoms with van der Waals surface area (Å²) >= 11 is 0. The van der Waals surface area contributed by atoms with Gasteiger partial charge in [0.05, 0.1) is 12.0 Å². The number of hydrogen-bond donors (Lipinski definition) is 1. The summed E-state index contributed by atoms with van der Waals surface area (Å²) in [6.07, 6.45) is 4.11. The summed E-state index contributed by atoms with van der Waals surface area (Å²) in [6, 6.07) is 8.16. The summed E-state index contributed by atoms with van der Waals surface area (Å²) < 4.78 is 0. The Hall–Kier alpha value is -2.14. The number of amides is 2. The van der Waals surface area contributed by atoms with Crippen LogP contribution in [0.2, 0.25) is 0 Å². The van der Waals surface area contributed by atoms with Crippen molar-refractivity contribution in [3.63, 3.8) is 0 Å². The molecule has 1 aromatic rings. The Morgan fingerprint density at radius 1 is 1.27 bits per heavy atom. The molecule has 2 saturated heterocycles. The van der Waals surface area contributed by atoms with Gasteiger partial charge in [-0.15, -0.1) is 6.58 Å². The van der Waals surface area contributed by atoms with E-state index in [2.05, 4.69) is 16.8 Å². The zero-order valence-electron chi connectivity index (χ0n) is 15.8. The van der Waals surface area contributed by atoms with Gasteiger partial charge in [-0.05, 0) is 25.3 Å². The molecule has 5 heteroatoms. The van der Waals surface area contributed by atoms with Gasteiger partial charge in [-0.1, -0.05) is 35.9 Å². The molecular weight excluding hydrogens is 326 g/mol. The molecule has 3 rings (SSSR count). The van der Waals surface area contributed by atoms with E-state index >= 15 is 0 Å². The average molecular weight is 355 g/mol. The summed E-state index contributed by atoms with van der Waals surface area (Å²) in [5, 5.41) is 3.21. The monoisotopic (exact) mass is 355 g/mol. The van der Waals surface area contributed by atoms with Gasteiger partial charge in [0, 0.05) is 39.1 Å². The van der Waals surface area contributed by atoms with E-state index in [-0.39, 0.29) is 36.2 Å². The van der Waals surface area contributed by atoms with Crippen molar-refractivity contribution < 1.29 is 9.59 Å². The van der Waals surface area contributed by atoms with E-state index in [0.717, 1.165) is 38.0 Å². The molecule has 0 spiro atoms. The number of aryl methyl sites for hydroxylation is 1. The van der Waals surface area contributed by atoms with Gasteiger partial charge >= 0.3 is 0 Å². The average Bonchev–Trinajstić information content (AvgIpc) is 2.93. The highest BCUT2D eigenvalue weighted by molar-refractivity contribution is 5.90. The zero-order valence-corrected chi connectivity index (χ0v) is 15.8. The predicted octanol–water partition coefficient (Wildman–Crippen LogP) is 2.28. The third-order valence-electron chi connectivity index (χ3n) is 5.66. The van der Waals surface area contributed by atoms with Crippen molar-refractivity contribution in [2.75, 3.05) is 26.7 Å². The first kappa shape index (κ1) is 18.6. The maximum absolute atomic E-state index is 12.9. The van der Waals surface area contributed by atoms with E-state index in [1.807, 2.05) is 37.3 Å². The van der Waals surface area contributed by atoms with E-state index in [9.17, 15) is 9.59 Å². The maximum Gasteiger partial charge on any atom is 0.226 e. The second-order valence-corrected chi connectivity index (χ2v) is 7.54. The lowest BCUT2D eigenvalue weighted by molar-refractivity contribution is -0.128. The minimum atomic E-state index is -0.318. The molecule has 2 fully saturated rings. The van der Waals surface area contributed by atoms with Gasteiger partial charge in [-0.25, -0.2) is 0 Å². The molecule has 2 heterocycles. The molecule has 0 radical (unpaired) electrons. The van der Waals surface area contributed by atoms with Crippen molar-refractivity contribution in [2.24, 2.45) is 5.92 Å². The molecular formula is C21H29N3O2. The smallest absolute Gasteiger partial charge is 0.226 e. The van der Waals surface area contributed by atoms with Crippen LogP contribution in [0.25, 0.3) is 0 Å². The van der Waals surface area contributed by atoms with Crippen LogP contribution in [-0.2, 0) is 9.59 Å². The number of hydrogen-bond acceptors (Lipinski definition) is 3. The van der Waals surface area contributed by atoms with Crippen LogP contribution in [0.3, 0.4) is 0 Å². The summed E-state index contributed by atoms with van der Waals surface area (Å²) in [6.45, 7) is 8.67. The molecule has 2 aliphatic heterocycles. The van der Waals surface area contributed by atoms with Crippen molar-refractivity contribution in [1.82, 2.24) is 15.1 Å². The number of rotatable bonds is 5. The highest BCUT2D eigenvalue weighted by Crippen LogP contribution is 2.37. The Morgan fingerprint density at radius 2 is 1.92 bits per heavy atom. The van der Waals surface area contributed by atoms with Crippen LogP contribution in [0, 0.1) is 12.8 Å². The lowest BCUT2D eigenvalue weighted by Gasteiger charge is -2.33. The third-order valence-corrected chi connectivity index (χ3v) is 5.66. The number of piperidine rings is 1. The Morgan fingerprint density at radius 3 is 2.54 bits per heavy atom. The Kier molecular flexibility index (Phi) is 5.77. The highest BCUT2D eigenvalue weighted by Gasteiger charge is 2.43. The lowest BCUT2D eigenvalue weighted by atomic mass is 9.91. The van der Waals surface area contributed by atoms with Gasteiger partial charge in [0.1, 0.15) is 0 Å². The zero-order chi connectivity index (χ0) is 18.7. The van der Waals surface area contributed by atoms with E-state index in [0.29, 0.717) is 0 Å². The summed E-state index contributed by atoms with van der Waals surface area (Å²) in [5.74, 6) is -0.270. The highest BCUT2D eigenvalue weighted by atomic mass is 16.2. The molecule has 2 atom stereocenters. The van der Waals surface area contributed by atoms with Crippen molar-refractivity contribution in [3.05, 3.63) is 48.0 Å². The number of benzene rings is 1. The topological polar surface area (TPSA) is 52.7 Å². The SMILES string of the molecule is C=CCN1CCC(NC(=O)[C@@H]2CC(=O)N(C)[C@@H]2c2ccc(C)cc2)CC1. The fourth-order valence-electron chi connectivity index (χ4n) is 4.08. The number of carbonyl (C=O) groups excluding carboxylic acids is 2.